The molecule has 0 radical (unpaired) electrons. The Bertz CT molecular complexity index is 445. The van der Waals surface area contributed by atoms with Crippen molar-refractivity contribution in [3.8, 4) is 0 Å². The van der Waals surface area contributed by atoms with Gasteiger partial charge in [0.05, 0.1) is 12.2 Å². The van der Waals surface area contributed by atoms with Gasteiger partial charge in [0, 0.05) is 5.69 Å². The lowest BCUT2D eigenvalue weighted by Gasteiger charge is -2.13. The second-order valence-corrected chi connectivity index (χ2v) is 3.64. The minimum Gasteiger partial charge on any atom is -0.480 e. The van der Waals surface area contributed by atoms with Crippen LogP contribution in [0.15, 0.2) is 18.2 Å². The minimum atomic E-state index is -1.33. The summed E-state index contributed by atoms with van der Waals surface area (Å²) in [6.07, 6.45) is 0. The lowest BCUT2D eigenvalue weighted by Crippen LogP contribution is -2.43. The fourth-order valence-corrected chi connectivity index (χ4v) is 1.29. The van der Waals surface area contributed by atoms with Gasteiger partial charge in [-0.2, -0.15) is 0 Å². The van der Waals surface area contributed by atoms with Crippen LogP contribution in [0.2, 0.25) is 0 Å². The number of rotatable bonds is 4. The van der Waals surface area contributed by atoms with Crippen LogP contribution in [0.5, 0.6) is 0 Å². The van der Waals surface area contributed by atoms with Crippen molar-refractivity contribution in [1.29, 1.82) is 0 Å². The first-order chi connectivity index (χ1) is 7.95. The molecule has 1 amide bonds. The molecule has 0 aliphatic heterocycles. The lowest BCUT2D eigenvalue weighted by molar-refractivity contribution is -0.140. The highest BCUT2D eigenvalue weighted by Crippen LogP contribution is 2.13. The number of carbonyl (C=O) groups is 2. The van der Waals surface area contributed by atoms with E-state index in [4.69, 9.17) is 15.9 Å². The van der Waals surface area contributed by atoms with E-state index < -0.39 is 24.5 Å². The summed E-state index contributed by atoms with van der Waals surface area (Å²) in [7, 11) is 0. The Hall–Kier alpha value is -2.08. The molecule has 5 N–H and O–H groups in total. The molecule has 0 spiro atoms. The van der Waals surface area contributed by atoms with E-state index in [1.165, 1.54) is 0 Å². The van der Waals surface area contributed by atoms with Crippen LogP contribution in [-0.4, -0.2) is 34.7 Å². The summed E-state index contributed by atoms with van der Waals surface area (Å²) >= 11 is 0. The Morgan fingerprint density at radius 2 is 2.12 bits per heavy atom. The third-order valence-electron chi connectivity index (χ3n) is 2.24. The van der Waals surface area contributed by atoms with Crippen LogP contribution in [0, 0.1) is 6.92 Å². The van der Waals surface area contributed by atoms with Crippen LogP contribution in [0.25, 0.3) is 0 Å². The van der Waals surface area contributed by atoms with Gasteiger partial charge in [0.2, 0.25) is 0 Å². The summed E-state index contributed by atoms with van der Waals surface area (Å²) in [5.74, 6) is -1.92. The molecule has 0 aliphatic rings. The second kappa shape index (κ2) is 5.31. The summed E-state index contributed by atoms with van der Waals surface area (Å²) in [5.41, 5.74) is 6.90. The fourth-order valence-electron chi connectivity index (χ4n) is 1.29. The van der Waals surface area contributed by atoms with E-state index in [1.807, 2.05) is 0 Å². The van der Waals surface area contributed by atoms with Gasteiger partial charge in [-0.3, -0.25) is 4.79 Å². The van der Waals surface area contributed by atoms with Gasteiger partial charge in [0.15, 0.2) is 6.04 Å². The number of anilines is 1. The second-order valence-electron chi connectivity index (χ2n) is 3.64. The first-order valence-electron chi connectivity index (χ1n) is 4.96. The number of aliphatic hydroxyl groups excluding tert-OH is 1. The first-order valence-corrected chi connectivity index (χ1v) is 4.96. The van der Waals surface area contributed by atoms with Crippen molar-refractivity contribution in [2.24, 2.45) is 0 Å². The fraction of sp³-hybridized carbons (Fsp3) is 0.273. The van der Waals surface area contributed by atoms with E-state index in [2.05, 4.69) is 5.32 Å². The van der Waals surface area contributed by atoms with Gasteiger partial charge in [-0.25, -0.2) is 4.79 Å². The highest BCUT2D eigenvalue weighted by Gasteiger charge is 2.20. The predicted octanol–water partition coefficient (Wildman–Crippen LogP) is -0.247. The van der Waals surface area contributed by atoms with Gasteiger partial charge >= 0.3 is 5.97 Å². The average Bonchev–Trinajstić information content (AvgIpc) is 2.28. The molecule has 1 aromatic rings. The summed E-state index contributed by atoms with van der Waals surface area (Å²) < 4.78 is 0. The number of hydrogen-bond acceptors (Lipinski definition) is 4. The van der Waals surface area contributed by atoms with Crippen molar-refractivity contribution in [3.63, 3.8) is 0 Å². The number of nitrogens with one attached hydrogen (secondary N) is 1. The Morgan fingerprint density at radius 1 is 1.47 bits per heavy atom. The Kier molecular flexibility index (Phi) is 4.06. The summed E-state index contributed by atoms with van der Waals surface area (Å²) in [5, 5.41) is 19.7. The number of amides is 1. The quantitative estimate of drug-likeness (QED) is 0.540. The van der Waals surface area contributed by atoms with Crippen molar-refractivity contribution >= 4 is 17.6 Å². The molecule has 1 aromatic carbocycles. The summed E-state index contributed by atoms with van der Waals surface area (Å²) in [4.78, 5) is 22.4. The van der Waals surface area contributed by atoms with Gasteiger partial charge in [0.1, 0.15) is 0 Å². The zero-order valence-corrected chi connectivity index (χ0v) is 9.30. The molecule has 0 aromatic heterocycles. The molecule has 0 saturated carbocycles. The molecule has 0 saturated heterocycles. The molecule has 6 heteroatoms. The summed E-state index contributed by atoms with van der Waals surface area (Å²) in [6.45, 7) is 1.11. The molecular weight excluding hydrogens is 224 g/mol. The van der Waals surface area contributed by atoms with Crippen LogP contribution in [0.4, 0.5) is 5.69 Å². The Balaban J connectivity index is 2.89. The van der Waals surface area contributed by atoms with E-state index in [1.54, 1.807) is 25.1 Å². The average molecular weight is 238 g/mol. The predicted molar refractivity (Wildman–Crippen MR) is 61.6 cm³/mol. The van der Waals surface area contributed by atoms with Crippen LogP contribution >= 0.6 is 0 Å². The van der Waals surface area contributed by atoms with E-state index >= 15 is 0 Å². The topological polar surface area (TPSA) is 113 Å². The molecule has 1 atom stereocenters. The Labute approximate surface area is 98.1 Å². The molecule has 0 aliphatic carbocycles. The number of benzene rings is 1. The normalized spacial score (nSPS) is 11.9. The van der Waals surface area contributed by atoms with Crippen LogP contribution in [0.1, 0.15) is 15.9 Å². The van der Waals surface area contributed by atoms with Crippen molar-refractivity contribution in [2.45, 2.75) is 13.0 Å². The van der Waals surface area contributed by atoms with Crippen molar-refractivity contribution < 1.29 is 19.8 Å². The van der Waals surface area contributed by atoms with Crippen LogP contribution < -0.4 is 11.1 Å². The molecule has 0 heterocycles. The molecule has 0 fully saturated rings. The number of hydrogen-bond donors (Lipinski definition) is 4. The minimum absolute atomic E-state index is 0.199. The summed E-state index contributed by atoms with van der Waals surface area (Å²) in [6, 6.07) is 3.54. The maximum absolute atomic E-state index is 11.7. The van der Waals surface area contributed by atoms with E-state index in [0.29, 0.717) is 0 Å². The van der Waals surface area contributed by atoms with Crippen LogP contribution in [0.3, 0.4) is 0 Å². The van der Waals surface area contributed by atoms with Gasteiger partial charge in [-0.15, -0.1) is 0 Å². The number of carbonyl (C=O) groups excluding carboxylic acids is 1. The molecule has 1 unspecified atom stereocenters. The van der Waals surface area contributed by atoms with Gasteiger partial charge in [0.25, 0.3) is 5.91 Å². The number of carboxylic acid groups (broad SMARTS) is 1. The Morgan fingerprint density at radius 3 is 2.65 bits per heavy atom. The molecular formula is C11H14N2O4. The zero-order chi connectivity index (χ0) is 13.0. The van der Waals surface area contributed by atoms with Crippen molar-refractivity contribution in [1.82, 2.24) is 5.32 Å². The third-order valence-corrected chi connectivity index (χ3v) is 2.24. The largest absolute Gasteiger partial charge is 0.480 e. The molecule has 6 nitrogen and oxygen atoms in total. The van der Waals surface area contributed by atoms with Gasteiger partial charge < -0.3 is 21.3 Å². The third kappa shape index (κ3) is 3.18. The smallest absolute Gasteiger partial charge is 0.328 e. The zero-order valence-electron chi connectivity index (χ0n) is 9.30. The molecule has 17 heavy (non-hydrogen) atoms. The van der Waals surface area contributed by atoms with Crippen molar-refractivity contribution in [2.75, 3.05) is 12.3 Å². The van der Waals surface area contributed by atoms with E-state index in [9.17, 15) is 9.59 Å². The van der Waals surface area contributed by atoms with Crippen LogP contribution in [-0.2, 0) is 4.79 Å². The number of aliphatic carboxylic acids is 1. The number of carboxylic acids is 1. The number of aliphatic hydroxyl groups is 1. The molecule has 1 rings (SSSR count). The highest BCUT2D eigenvalue weighted by molar-refractivity contribution is 6.01. The van der Waals surface area contributed by atoms with Gasteiger partial charge in [-0.1, -0.05) is 11.6 Å². The van der Waals surface area contributed by atoms with E-state index in [0.717, 1.165) is 5.56 Å². The highest BCUT2D eigenvalue weighted by atomic mass is 16.4. The molecule has 92 valence electrons. The number of aryl methyl sites for hydroxylation is 1. The molecule has 0 bridgehead atoms. The number of nitrogens with two attached hydrogens (primary N) is 1. The standard InChI is InChI=1S/C11H14N2O4/c1-6-2-3-8(12)7(4-6)10(15)13-9(5-14)11(16)17/h2-4,9,14H,5,12H2,1H3,(H,13,15)(H,16,17). The van der Waals surface area contributed by atoms with Crippen molar-refractivity contribution in [3.05, 3.63) is 29.3 Å². The number of nitrogen functional groups attached to an aromatic ring is 1. The van der Waals surface area contributed by atoms with E-state index in [-0.39, 0.29) is 11.3 Å². The maximum Gasteiger partial charge on any atom is 0.328 e. The lowest BCUT2D eigenvalue weighted by atomic mass is 10.1. The maximum atomic E-state index is 11.7. The van der Waals surface area contributed by atoms with Gasteiger partial charge in [-0.05, 0) is 19.1 Å². The first kappa shape index (κ1) is 13.0. The SMILES string of the molecule is Cc1ccc(N)c(C(=O)NC(CO)C(=O)O)c1. The monoisotopic (exact) mass is 238 g/mol.